The number of fused-ring (bicyclic) bond motifs is 9. The second-order valence-electron chi connectivity index (χ2n) is 8.16. The van der Waals surface area contributed by atoms with Crippen molar-refractivity contribution >= 4 is 22.9 Å². The van der Waals surface area contributed by atoms with Crippen LogP contribution in [0, 0.1) is 11.8 Å². The second-order valence-corrected chi connectivity index (χ2v) is 8.16. The number of amides is 1. The SMILES string of the molecule is [2H]C([2H])([2H])N1C(=O)c2cccc(OC(F)F)c2[C@H]2C[C@@H]1c1nc3ccc(C#Cc4cnc(N)nc4)cc3n12. The predicted octanol–water partition coefficient (Wildman–Crippen LogP) is 3.53. The Morgan fingerprint density at radius 1 is 1.17 bits per heavy atom. The molecule has 8 nitrogen and oxygen atoms in total. The molecule has 2 aliphatic heterocycles. The Bertz CT molecular complexity index is 1660. The van der Waals surface area contributed by atoms with Crippen molar-refractivity contribution in [1.29, 1.82) is 0 Å². The molecule has 174 valence electrons. The molecular weight excluding hydrogens is 454 g/mol. The minimum atomic E-state index is -3.13. The maximum absolute atomic E-state index is 13.5. The van der Waals surface area contributed by atoms with E-state index in [9.17, 15) is 13.6 Å². The molecule has 0 aliphatic carbocycles. The Morgan fingerprint density at radius 3 is 2.74 bits per heavy atom. The molecule has 2 aliphatic rings. The van der Waals surface area contributed by atoms with Gasteiger partial charge in [-0.1, -0.05) is 17.9 Å². The molecule has 2 N–H and O–H groups in total. The van der Waals surface area contributed by atoms with Crippen LogP contribution < -0.4 is 10.5 Å². The van der Waals surface area contributed by atoms with Gasteiger partial charge in [-0.05, 0) is 30.3 Å². The summed E-state index contributed by atoms with van der Waals surface area (Å²) in [6.07, 6.45) is 3.13. The third-order valence-corrected chi connectivity index (χ3v) is 6.17. The summed E-state index contributed by atoms with van der Waals surface area (Å²) in [5, 5.41) is 0. The summed E-state index contributed by atoms with van der Waals surface area (Å²) in [5.41, 5.74) is 8.05. The van der Waals surface area contributed by atoms with Gasteiger partial charge < -0.3 is 19.9 Å². The summed E-state index contributed by atoms with van der Waals surface area (Å²) in [7, 11) is 0. The predicted molar refractivity (Wildman–Crippen MR) is 123 cm³/mol. The summed E-state index contributed by atoms with van der Waals surface area (Å²) < 4.78 is 57.5. The Hall–Kier alpha value is -4.52. The molecule has 0 spiro atoms. The normalized spacial score (nSPS) is 19.8. The van der Waals surface area contributed by atoms with Crippen molar-refractivity contribution in [2.75, 3.05) is 12.7 Å². The molecule has 0 saturated carbocycles. The lowest BCUT2D eigenvalue weighted by molar-refractivity contribution is -0.0507. The van der Waals surface area contributed by atoms with Crippen LogP contribution in [-0.4, -0.2) is 43.9 Å². The summed E-state index contributed by atoms with van der Waals surface area (Å²) in [6.45, 7) is -5.92. The molecule has 0 unspecified atom stereocenters. The number of ether oxygens (including phenoxy) is 1. The van der Waals surface area contributed by atoms with E-state index < -0.39 is 31.6 Å². The zero-order valence-corrected chi connectivity index (χ0v) is 17.9. The number of imidazole rings is 1. The highest BCUT2D eigenvalue weighted by molar-refractivity contribution is 5.97. The minimum Gasteiger partial charge on any atom is -0.434 e. The minimum absolute atomic E-state index is 0.00132. The van der Waals surface area contributed by atoms with Crippen LogP contribution >= 0.6 is 0 Å². The number of anilines is 1. The van der Waals surface area contributed by atoms with Crippen molar-refractivity contribution < 1.29 is 22.4 Å². The molecule has 1 amide bonds. The Kier molecular flexibility index (Phi) is 3.97. The van der Waals surface area contributed by atoms with Crippen molar-refractivity contribution in [3.63, 3.8) is 0 Å². The Labute approximate surface area is 202 Å². The maximum atomic E-state index is 13.5. The average Bonchev–Trinajstić information content (AvgIpc) is 3.35. The van der Waals surface area contributed by atoms with Gasteiger partial charge >= 0.3 is 6.61 Å². The number of carbonyl (C=O) groups excluding carboxylic acids is 1. The molecule has 2 aromatic heterocycles. The van der Waals surface area contributed by atoms with Gasteiger partial charge in [-0.2, -0.15) is 8.78 Å². The number of aromatic nitrogens is 4. The van der Waals surface area contributed by atoms with Crippen molar-refractivity contribution in [2.24, 2.45) is 0 Å². The zero-order chi connectivity index (χ0) is 26.8. The van der Waals surface area contributed by atoms with Gasteiger partial charge in [-0.25, -0.2) is 15.0 Å². The molecule has 0 saturated heterocycles. The number of carbonyl (C=O) groups is 1. The topological polar surface area (TPSA) is 99.2 Å². The van der Waals surface area contributed by atoms with E-state index in [-0.39, 0.29) is 29.2 Å². The monoisotopic (exact) mass is 475 g/mol. The van der Waals surface area contributed by atoms with E-state index in [4.69, 9.17) is 14.6 Å². The Morgan fingerprint density at radius 2 is 1.97 bits per heavy atom. The molecular formula is C25H18F2N6O2. The fourth-order valence-electron chi connectivity index (χ4n) is 4.73. The molecule has 4 aromatic rings. The van der Waals surface area contributed by atoms with Gasteiger partial charge in [0.25, 0.3) is 5.91 Å². The number of halogens is 2. The number of alkyl halides is 2. The fraction of sp³-hybridized carbons (Fsp3) is 0.200. The lowest BCUT2D eigenvalue weighted by atomic mass is 9.97. The summed E-state index contributed by atoms with van der Waals surface area (Å²) in [6, 6.07) is 7.88. The van der Waals surface area contributed by atoms with Crippen LogP contribution in [0.3, 0.4) is 0 Å². The first-order chi connectivity index (χ1) is 18.1. The van der Waals surface area contributed by atoms with Crippen LogP contribution in [0.4, 0.5) is 14.7 Å². The number of hydrogen-bond acceptors (Lipinski definition) is 6. The quantitative estimate of drug-likeness (QED) is 0.446. The molecule has 0 radical (unpaired) electrons. The van der Waals surface area contributed by atoms with E-state index in [0.29, 0.717) is 28.0 Å². The third kappa shape index (κ3) is 3.35. The first kappa shape index (κ1) is 17.9. The first-order valence-corrected chi connectivity index (χ1v) is 10.6. The van der Waals surface area contributed by atoms with Crippen molar-refractivity contribution in [3.05, 3.63) is 76.9 Å². The van der Waals surface area contributed by atoms with E-state index in [1.807, 2.05) is 0 Å². The lowest BCUT2D eigenvalue weighted by Gasteiger charge is -2.24. The molecule has 0 fully saturated rings. The summed E-state index contributed by atoms with van der Waals surface area (Å²) in [4.78, 5) is 26.8. The van der Waals surface area contributed by atoms with Crippen molar-refractivity contribution in [3.8, 4) is 17.6 Å². The van der Waals surface area contributed by atoms with Crippen LogP contribution in [-0.2, 0) is 0 Å². The van der Waals surface area contributed by atoms with Gasteiger partial charge in [-0.15, -0.1) is 0 Å². The number of nitrogens with zero attached hydrogens (tertiary/aromatic N) is 5. The number of hydrogen-bond donors (Lipinski definition) is 1. The molecule has 6 rings (SSSR count). The van der Waals surface area contributed by atoms with E-state index in [1.54, 1.807) is 22.8 Å². The number of rotatable bonds is 2. The maximum Gasteiger partial charge on any atom is 0.387 e. The van der Waals surface area contributed by atoms with Crippen LogP contribution in [0.1, 0.15) is 55.5 Å². The fourth-order valence-corrected chi connectivity index (χ4v) is 4.73. The average molecular weight is 475 g/mol. The first-order valence-electron chi connectivity index (χ1n) is 12.1. The van der Waals surface area contributed by atoms with Gasteiger partial charge in [0.2, 0.25) is 5.95 Å². The van der Waals surface area contributed by atoms with Crippen LogP contribution in [0.15, 0.2) is 48.8 Å². The van der Waals surface area contributed by atoms with Crippen LogP contribution in [0.5, 0.6) is 5.75 Å². The highest BCUT2D eigenvalue weighted by atomic mass is 19.3. The van der Waals surface area contributed by atoms with Crippen LogP contribution in [0.2, 0.25) is 0 Å². The van der Waals surface area contributed by atoms with Gasteiger partial charge in [0.05, 0.1) is 28.7 Å². The summed E-state index contributed by atoms with van der Waals surface area (Å²) >= 11 is 0. The molecule has 4 heterocycles. The van der Waals surface area contributed by atoms with Gasteiger partial charge in [0.15, 0.2) is 0 Å². The standard InChI is InChI=1S/C25H18F2N6O2/c1-32-19-10-18(21-15(23(32)34)3-2-4-20(21)35-24(26)27)33-17-9-13(7-8-16(17)31-22(19)33)5-6-14-11-29-25(28)30-12-14/h2-4,7-9,11-12,18-19,24H,10H2,1H3,(H2,28,29,30)/t18-,19-/m1/s1/i1D3. The van der Waals surface area contributed by atoms with Crippen molar-refractivity contribution in [2.45, 2.75) is 25.1 Å². The Balaban J connectivity index is 1.55. The molecule has 2 atom stereocenters. The number of nitrogens with two attached hydrogens (primary N) is 1. The molecule has 35 heavy (non-hydrogen) atoms. The zero-order valence-electron chi connectivity index (χ0n) is 20.9. The van der Waals surface area contributed by atoms with Crippen molar-refractivity contribution in [1.82, 2.24) is 24.4 Å². The van der Waals surface area contributed by atoms with E-state index in [2.05, 4.69) is 26.8 Å². The van der Waals surface area contributed by atoms with Gasteiger partial charge in [0.1, 0.15) is 11.6 Å². The highest BCUT2D eigenvalue weighted by Crippen LogP contribution is 2.49. The smallest absolute Gasteiger partial charge is 0.387 e. The molecule has 10 heteroatoms. The molecule has 2 bridgehead atoms. The van der Waals surface area contributed by atoms with Crippen LogP contribution in [0.25, 0.3) is 11.0 Å². The largest absolute Gasteiger partial charge is 0.434 e. The van der Waals surface area contributed by atoms with E-state index >= 15 is 0 Å². The lowest BCUT2D eigenvalue weighted by Crippen LogP contribution is -2.30. The third-order valence-electron chi connectivity index (χ3n) is 6.17. The van der Waals surface area contributed by atoms with Gasteiger partial charge in [-0.3, -0.25) is 4.79 Å². The second kappa shape index (κ2) is 7.77. The number of benzene rings is 2. The van der Waals surface area contributed by atoms with E-state index in [1.165, 1.54) is 30.6 Å². The summed E-state index contributed by atoms with van der Waals surface area (Å²) in [5.74, 6) is 5.50. The van der Waals surface area contributed by atoms with Gasteiger partial charge in [0, 0.05) is 46.6 Å². The number of nitrogen functional groups attached to an aromatic ring is 1. The highest BCUT2D eigenvalue weighted by Gasteiger charge is 2.44. The molecule has 2 aromatic carbocycles. The van der Waals surface area contributed by atoms with E-state index in [0.717, 1.165) is 4.90 Å².